The lowest BCUT2D eigenvalue weighted by atomic mass is 9.86. The summed E-state index contributed by atoms with van der Waals surface area (Å²) >= 11 is 0. The second kappa shape index (κ2) is 7.00. The summed E-state index contributed by atoms with van der Waals surface area (Å²) in [6, 6.07) is 7.63. The van der Waals surface area contributed by atoms with Gasteiger partial charge in [-0.15, -0.1) is 0 Å². The SMILES string of the molecule is COc1ccc([C@](C)(O)[C@@H]2CCCN2Cc2nc(C(C)(C)C)no2)cc1. The van der Waals surface area contributed by atoms with Gasteiger partial charge in [-0.25, -0.2) is 0 Å². The third-order valence-corrected chi connectivity index (χ3v) is 5.16. The van der Waals surface area contributed by atoms with E-state index in [4.69, 9.17) is 9.26 Å². The average molecular weight is 359 g/mol. The van der Waals surface area contributed by atoms with Crippen LogP contribution in [0.3, 0.4) is 0 Å². The molecule has 0 bridgehead atoms. The molecule has 1 aliphatic rings. The normalized spacial score (nSPS) is 20.9. The molecule has 0 amide bonds. The molecule has 2 heterocycles. The van der Waals surface area contributed by atoms with Crippen molar-refractivity contribution in [1.82, 2.24) is 15.0 Å². The van der Waals surface area contributed by atoms with Crippen LogP contribution < -0.4 is 4.74 Å². The minimum atomic E-state index is -0.963. The van der Waals surface area contributed by atoms with Crippen LogP contribution in [0.1, 0.15) is 57.8 Å². The maximum absolute atomic E-state index is 11.3. The molecule has 1 aromatic heterocycles. The summed E-state index contributed by atoms with van der Waals surface area (Å²) in [6.07, 6.45) is 1.97. The van der Waals surface area contributed by atoms with E-state index in [9.17, 15) is 5.11 Å². The molecule has 1 saturated heterocycles. The molecule has 2 atom stereocenters. The van der Waals surface area contributed by atoms with Crippen molar-refractivity contribution in [3.8, 4) is 5.75 Å². The van der Waals surface area contributed by atoms with E-state index in [1.165, 1.54) is 0 Å². The van der Waals surface area contributed by atoms with Gasteiger partial charge in [0, 0.05) is 11.5 Å². The maximum Gasteiger partial charge on any atom is 0.240 e. The molecule has 6 heteroatoms. The first-order chi connectivity index (χ1) is 12.2. The number of benzene rings is 1. The van der Waals surface area contributed by atoms with Crippen molar-refractivity contribution in [1.29, 1.82) is 0 Å². The highest BCUT2D eigenvalue weighted by atomic mass is 16.5. The Bertz CT molecular complexity index is 732. The van der Waals surface area contributed by atoms with Crippen molar-refractivity contribution >= 4 is 0 Å². The Hall–Kier alpha value is -1.92. The van der Waals surface area contributed by atoms with Crippen molar-refractivity contribution in [2.75, 3.05) is 13.7 Å². The number of aliphatic hydroxyl groups is 1. The van der Waals surface area contributed by atoms with Gasteiger partial charge in [-0.05, 0) is 44.0 Å². The summed E-state index contributed by atoms with van der Waals surface area (Å²) in [5.41, 5.74) is -0.216. The molecule has 1 aromatic carbocycles. The molecule has 0 radical (unpaired) electrons. The lowest BCUT2D eigenvalue weighted by molar-refractivity contribution is -0.0278. The Kier molecular flexibility index (Phi) is 5.08. The molecular weight excluding hydrogens is 330 g/mol. The number of ether oxygens (including phenoxy) is 1. The van der Waals surface area contributed by atoms with Gasteiger partial charge in [0.05, 0.1) is 13.7 Å². The summed E-state index contributed by atoms with van der Waals surface area (Å²) in [5.74, 6) is 2.10. The largest absolute Gasteiger partial charge is 0.497 e. The highest BCUT2D eigenvalue weighted by molar-refractivity contribution is 5.31. The number of rotatable bonds is 5. The molecular formula is C20H29N3O3. The molecule has 3 rings (SSSR count). The highest BCUT2D eigenvalue weighted by Crippen LogP contribution is 2.36. The lowest BCUT2D eigenvalue weighted by Crippen LogP contribution is -2.45. The Morgan fingerprint density at radius 1 is 1.23 bits per heavy atom. The number of methoxy groups -OCH3 is 1. The fraction of sp³-hybridized carbons (Fsp3) is 0.600. The molecule has 2 aromatic rings. The summed E-state index contributed by atoms with van der Waals surface area (Å²) in [5, 5.41) is 15.4. The highest BCUT2D eigenvalue weighted by Gasteiger charge is 2.41. The molecule has 0 unspecified atom stereocenters. The van der Waals surface area contributed by atoms with Crippen molar-refractivity contribution in [3.05, 3.63) is 41.5 Å². The topological polar surface area (TPSA) is 71.6 Å². The van der Waals surface area contributed by atoms with Gasteiger partial charge in [0.15, 0.2) is 5.82 Å². The molecule has 26 heavy (non-hydrogen) atoms. The first kappa shape index (κ1) is 18.9. The third-order valence-electron chi connectivity index (χ3n) is 5.16. The standard InChI is InChI=1S/C20H29N3O3/c1-19(2,3)18-21-17(26-22-18)13-23-12-6-7-16(23)20(4,24)14-8-10-15(25-5)11-9-14/h8-11,16,24H,6-7,12-13H2,1-5H3/t16-,20-/m0/s1. The number of nitrogens with zero attached hydrogens (tertiary/aromatic N) is 3. The van der Waals surface area contributed by atoms with Gasteiger partial charge in [-0.2, -0.15) is 4.98 Å². The first-order valence-corrected chi connectivity index (χ1v) is 9.16. The quantitative estimate of drug-likeness (QED) is 0.884. The van der Waals surface area contributed by atoms with Gasteiger partial charge in [-0.1, -0.05) is 38.1 Å². The molecule has 142 valence electrons. The zero-order valence-electron chi connectivity index (χ0n) is 16.3. The smallest absolute Gasteiger partial charge is 0.240 e. The molecule has 0 spiro atoms. The summed E-state index contributed by atoms with van der Waals surface area (Å²) < 4.78 is 10.7. The molecule has 1 aliphatic heterocycles. The van der Waals surface area contributed by atoms with Gasteiger partial charge in [0.25, 0.3) is 0 Å². The number of hydrogen-bond donors (Lipinski definition) is 1. The van der Waals surface area contributed by atoms with E-state index >= 15 is 0 Å². The maximum atomic E-state index is 11.3. The zero-order chi connectivity index (χ0) is 18.9. The lowest BCUT2D eigenvalue weighted by Gasteiger charge is -2.36. The fourth-order valence-corrected chi connectivity index (χ4v) is 3.57. The van der Waals surface area contributed by atoms with E-state index in [2.05, 4.69) is 35.8 Å². The van der Waals surface area contributed by atoms with E-state index < -0.39 is 5.60 Å². The minimum absolute atomic E-state index is 0.000816. The van der Waals surface area contributed by atoms with Crippen molar-refractivity contribution < 1.29 is 14.4 Å². The van der Waals surface area contributed by atoms with Crippen LogP contribution in [0.5, 0.6) is 5.75 Å². The van der Waals surface area contributed by atoms with E-state index in [0.717, 1.165) is 30.7 Å². The first-order valence-electron chi connectivity index (χ1n) is 9.16. The second-order valence-corrected chi connectivity index (χ2v) is 8.27. The van der Waals surface area contributed by atoms with Gasteiger partial charge in [-0.3, -0.25) is 4.90 Å². The number of hydrogen-bond acceptors (Lipinski definition) is 6. The van der Waals surface area contributed by atoms with Crippen LogP contribution in [0.2, 0.25) is 0 Å². The van der Waals surface area contributed by atoms with Gasteiger partial charge >= 0.3 is 0 Å². The predicted octanol–water partition coefficient (Wildman–Crippen LogP) is 3.25. The van der Waals surface area contributed by atoms with Crippen LogP contribution >= 0.6 is 0 Å². The van der Waals surface area contributed by atoms with E-state index in [0.29, 0.717) is 18.3 Å². The van der Waals surface area contributed by atoms with Crippen LogP contribution in [0, 0.1) is 0 Å². The average Bonchev–Trinajstić information content (AvgIpc) is 3.24. The van der Waals surface area contributed by atoms with Crippen LogP contribution in [0.15, 0.2) is 28.8 Å². The number of likely N-dealkylation sites (tertiary alicyclic amines) is 1. The van der Waals surface area contributed by atoms with Crippen molar-refractivity contribution in [3.63, 3.8) is 0 Å². The van der Waals surface area contributed by atoms with Crippen LogP contribution in [-0.4, -0.2) is 39.8 Å². The van der Waals surface area contributed by atoms with E-state index in [-0.39, 0.29) is 11.5 Å². The third kappa shape index (κ3) is 3.76. The Labute approximate surface area is 155 Å². The molecule has 1 N–H and O–H groups in total. The zero-order valence-corrected chi connectivity index (χ0v) is 16.3. The van der Waals surface area contributed by atoms with Crippen LogP contribution in [0.25, 0.3) is 0 Å². The second-order valence-electron chi connectivity index (χ2n) is 8.27. The van der Waals surface area contributed by atoms with E-state index in [1.54, 1.807) is 7.11 Å². The van der Waals surface area contributed by atoms with Crippen molar-refractivity contribution in [2.45, 2.75) is 64.1 Å². The predicted molar refractivity (Wildman–Crippen MR) is 99.0 cm³/mol. The molecule has 0 saturated carbocycles. The van der Waals surface area contributed by atoms with E-state index in [1.807, 2.05) is 31.2 Å². The van der Waals surface area contributed by atoms with Gasteiger partial charge < -0.3 is 14.4 Å². The summed E-state index contributed by atoms with van der Waals surface area (Å²) in [6.45, 7) is 9.54. The molecule has 1 fully saturated rings. The minimum Gasteiger partial charge on any atom is -0.497 e. The molecule has 6 nitrogen and oxygen atoms in total. The van der Waals surface area contributed by atoms with Gasteiger partial charge in [0.1, 0.15) is 11.4 Å². The molecule has 0 aliphatic carbocycles. The van der Waals surface area contributed by atoms with Crippen LogP contribution in [0.4, 0.5) is 0 Å². The monoisotopic (exact) mass is 359 g/mol. The number of aromatic nitrogens is 2. The Balaban J connectivity index is 1.77. The Morgan fingerprint density at radius 3 is 2.50 bits per heavy atom. The Morgan fingerprint density at radius 2 is 1.92 bits per heavy atom. The van der Waals surface area contributed by atoms with Crippen LogP contribution in [-0.2, 0) is 17.6 Å². The summed E-state index contributed by atoms with van der Waals surface area (Å²) in [7, 11) is 1.64. The van der Waals surface area contributed by atoms with Gasteiger partial charge in [0.2, 0.25) is 5.89 Å². The summed E-state index contributed by atoms with van der Waals surface area (Å²) in [4.78, 5) is 6.78. The fourth-order valence-electron chi connectivity index (χ4n) is 3.57. The van der Waals surface area contributed by atoms with Crippen molar-refractivity contribution in [2.24, 2.45) is 0 Å².